The molecule has 0 bridgehead atoms. The minimum Gasteiger partial charge on any atom is -0.369 e. The molecule has 0 spiro atoms. The van der Waals surface area contributed by atoms with E-state index < -0.39 is 0 Å². The molecule has 0 saturated carbocycles. The predicted molar refractivity (Wildman–Crippen MR) is 79.8 cm³/mol. The van der Waals surface area contributed by atoms with Gasteiger partial charge in [0.1, 0.15) is 5.82 Å². The van der Waals surface area contributed by atoms with Crippen molar-refractivity contribution in [2.75, 3.05) is 11.9 Å². The first-order valence-corrected chi connectivity index (χ1v) is 6.86. The number of benzene rings is 1. The van der Waals surface area contributed by atoms with Crippen molar-refractivity contribution < 1.29 is 0 Å². The van der Waals surface area contributed by atoms with E-state index in [-0.39, 0.29) is 0 Å². The number of hydrogen-bond donors (Lipinski definition) is 2. The Morgan fingerprint density at radius 1 is 1.35 bits per heavy atom. The number of H-pyrrole nitrogens is 1. The van der Waals surface area contributed by atoms with Gasteiger partial charge in [0.2, 0.25) is 0 Å². The maximum absolute atomic E-state index is 5.17. The third-order valence-electron chi connectivity index (χ3n) is 2.81. The van der Waals surface area contributed by atoms with Gasteiger partial charge in [0, 0.05) is 15.7 Å². The van der Waals surface area contributed by atoms with Crippen LogP contribution >= 0.6 is 34.8 Å². The van der Waals surface area contributed by atoms with Crippen molar-refractivity contribution in [2.24, 2.45) is 0 Å². The number of anilines is 1. The molecule has 0 saturated heterocycles. The van der Waals surface area contributed by atoms with E-state index in [4.69, 9.17) is 12.2 Å². The Hall–Kier alpha value is -0.950. The summed E-state index contributed by atoms with van der Waals surface area (Å²) in [6.07, 6.45) is 0.995. The van der Waals surface area contributed by atoms with Crippen LogP contribution < -0.4 is 5.32 Å². The van der Waals surface area contributed by atoms with Crippen LogP contribution in [0.5, 0.6) is 0 Å². The van der Waals surface area contributed by atoms with Crippen LogP contribution in [0.15, 0.2) is 24.3 Å². The zero-order valence-corrected chi connectivity index (χ0v) is 11.9. The number of aromatic amines is 1. The fraction of sp³-hybridized carbons (Fsp3) is 0.167. The number of halogens is 1. The van der Waals surface area contributed by atoms with Crippen LogP contribution in [0, 0.1) is 8.34 Å². The van der Waals surface area contributed by atoms with Crippen LogP contribution in [0.25, 0.3) is 11.3 Å². The van der Waals surface area contributed by atoms with Gasteiger partial charge in [0.25, 0.3) is 0 Å². The van der Waals surface area contributed by atoms with Crippen molar-refractivity contribution in [1.82, 2.24) is 9.97 Å². The summed E-state index contributed by atoms with van der Waals surface area (Å²) < 4.78 is 1.75. The summed E-state index contributed by atoms with van der Waals surface area (Å²) in [5, 5.41) is 3.27. The standard InChI is InChI=1S/C12H10IN3S/c13-8-3-1-2-7(6-8)10-9-4-5-14-11(9)16-12(17)15-10/h1-3,6H,4-5H2,(H2,14,15,16,17). The highest BCUT2D eigenvalue weighted by Gasteiger charge is 2.17. The Morgan fingerprint density at radius 2 is 2.24 bits per heavy atom. The van der Waals surface area contributed by atoms with Crippen molar-refractivity contribution in [3.63, 3.8) is 0 Å². The lowest BCUT2D eigenvalue weighted by atomic mass is 10.1. The van der Waals surface area contributed by atoms with Gasteiger partial charge in [-0.3, -0.25) is 0 Å². The number of hydrogen-bond acceptors (Lipinski definition) is 3. The van der Waals surface area contributed by atoms with Gasteiger partial charge in [-0.15, -0.1) is 0 Å². The number of fused-ring (bicyclic) bond motifs is 1. The molecule has 0 radical (unpaired) electrons. The third kappa shape index (κ3) is 2.09. The Morgan fingerprint density at radius 3 is 3.06 bits per heavy atom. The number of nitrogens with zero attached hydrogens (tertiary/aromatic N) is 1. The Balaban J connectivity index is 2.24. The van der Waals surface area contributed by atoms with E-state index in [1.807, 2.05) is 0 Å². The summed E-state index contributed by atoms with van der Waals surface area (Å²) in [5.74, 6) is 0.933. The Labute approximate surface area is 118 Å². The zero-order chi connectivity index (χ0) is 11.8. The van der Waals surface area contributed by atoms with Crippen molar-refractivity contribution >= 4 is 40.6 Å². The zero-order valence-electron chi connectivity index (χ0n) is 8.96. The maximum atomic E-state index is 5.17. The van der Waals surface area contributed by atoms with E-state index in [1.54, 1.807) is 0 Å². The van der Waals surface area contributed by atoms with E-state index in [0.717, 1.165) is 24.5 Å². The van der Waals surface area contributed by atoms with Crippen LogP contribution in [0.4, 0.5) is 5.82 Å². The molecule has 2 aromatic rings. The number of nitrogens with one attached hydrogen (secondary N) is 2. The second-order valence-electron chi connectivity index (χ2n) is 3.93. The highest BCUT2D eigenvalue weighted by atomic mass is 127. The molecule has 0 unspecified atom stereocenters. The lowest BCUT2D eigenvalue weighted by Gasteiger charge is -2.08. The normalized spacial score (nSPS) is 13.2. The molecule has 0 aliphatic carbocycles. The van der Waals surface area contributed by atoms with Crippen LogP contribution in [-0.4, -0.2) is 16.5 Å². The van der Waals surface area contributed by atoms with Gasteiger partial charge < -0.3 is 10.3 Å². The smallest absolute Gasteiger partial charge is 0.199 e. The SMILES string of the molecule is S=c1nc2c(c(-c3cccc(I)c3)[nH]1)CCN2. The van der Waals surface area contributed by atoms with Crippen molar-refractivity contribution in [1.29, 1.82) is 0 Å². The molecular weight excluding hydrogens is 345 g/mol. The molecule has 17 heavy (non-hydrogen) atoms. The highest BCUT2D eigenvalue weighted by molar-refractivity contribution is 14.1. The Kier molecular flexibility index (Phi) is 2.87. The minimum atomic E-state index is 0.534. The summed E-state index contributed by atoms with van der Waals surface area (Å²) in [7, 11) is 0. The molecule has 86 valence electrons. The van der Waals surface area contributed by atoms with Gasteiger partial charge >= 0.3 is 0 Å². The average molecular weight is 355 g/mol. The summed E-state index contributed by atoms with van der Waals surface area (Å²) in [6.45, 7) is 0.936. The van der Waals surface area contributed by atoms with Gasteiger partial charge in [-0.1, -0.05) is 12.1 Å². The minimum absolute atomic E-state index is 0.534. The summed E-state index contributed by atoms with van der Waals surface area (Å²) in [6, 6.07) is 8.39. The highest BCUT2D eigenvalue weighted by Crippen LogP contribution is 2.30. The first-order valence-electron chi connectivity index (χ1n) is 5.37. The molecule has 2 N–H and O–H groups in total. The van der Waals surface area contributed by atoms with Crippen LogP contribution in [0.2, 0.25) is 0 Å². The molecule has 0 atom stereocenters. The quantitative estimate of drug-likeness (QED) is 0.609. The summed E-state index contributed by atoms with van der Waals surface area (Å²) in [4.78, 5) is 7.52. The van der Waals surface area contributed by atoms with Gasteiger partial charge in [-0.25, -0.2) is 4.98 Å². The Bertz CT molecular complexity index is 636. The van der Waals surface area contributed by atoms with Crippen LogP contribution in [0.1, 0.15) is 5.56 Å². The fourth-order valence-electron chi connectivity index (χ4n) is 2.08. The first kappa shape index (κ1) is 11.2. The monoisotopic (exact) mass is 355 g/mol. The second kappa shape index (κ2) is 4.38. The lowest BCUT2D eigenvalue weighted by molar-refractivity contribution is 1.08. The second-order valence-corrected chi connectivity index (χ2v) is 5.56. The molecule has 1 aromatic heterocycles. The van der Waals surface area contributed by atoms with Gasteiger partial charge in [0.15, 0.2) is 4.77 Å². The van der Waals surface area contributed by atoms with Crippen molar-refractivity contribution in [3.05, 3.63) is 38.2 Å². The fourth-order valence-corrected chi connectivity index (χ4v) is 2.82. The largest absolute Gasteiger partial charge is 0.369 e. The number of rotatable bonds is 1. The molecule has 2 heterocycles. The van der Waals surface area contributed by atoms with Crippen LogP contribution in [-0.2, 0) is 6.42 Å². The molecule has 0 fully saturated rings. The van der Waals surface area contributed by atoms with E-state index in [1.165, 1.54) is 14.7 Å². The molecule has 1 aliphatic heterocycles. The first-order chi connectivity index (χ1) is 8.24. The van der Waals surface area contributed by atoms with E-state index >= 15 is 0 Å². The molecule has 3 nitrogen and oxygen atoms in total. The third-order valence-corrected chi connectivity index (χ3v) is 3.68. The molecule has 3 rings (SSSR count). The van der Waals surface area contributed by atoms with Gasteiger partial charge in [-0.2, -0.15) is 0 Å². The van der Waals surface area contributed by atoms with Gasteiger partial charge in [0.05, 0.1) is 5.69 Å². The maximum Gasteiger partial charge on any atom is 0.199 e. The van der Waals surface area contributed by atoms with E-state index in [0.29, 0.717) is 4.77 Å². The molecule has 0 amide bonds. The molecule has 1 aromatic carbocycles. The average Bonchev–Trinajstić information content (AvgIpc) is 2.75. The van der Waals surface area contributed by atoms with Crippen molar-refractivity contribution in [3.8, 4) is 11.3 Å². The topological polar surface area (TPSA) is 40.7 Å². The van der Waals surface area contributed by atoms with Crippen molar-refractivity contribution in [2.45, 2.75) is 6.42 Å². The lowest BCUT2D eigenvalue weighted by Crippen LogP contribution is -1.96. The number of aromatic nitrogens is 2. The van der Waals surface area contributed by atoms with E-state index in [2.05, 4.69) is 62.1 Å². The van der Waals surface area contributed by atoms with Gasteiger partial charge in [-0.05, 0) is 58.9 Å². The summed E-state index contributed by atoms with van der Waals surface area (Å²) >= 11 is 7.48. The van der Waals surface area contributed by atoms with E-state index in [9.17, 15) is 0 Å². The predicted octanol–water partition coefficient (Wildman–Crippen LogP) is 3.38. The molecule has 1 aliphatic rings. The summed E-state index contributed by atoms with van der Waals surface area (Å²) in [5.41, 5.74) is 3.51. The van der Waals surface area contributed by atoms with Crippen LogP contribution in [0.3, 0.4) is 0 Å². The molecular formula is C12H10IN3S. The molecule has 5 heteroatoms.